The van der Waals surface area contributed by atoms with Gasteiger partial charge in [0.15, 0.2) is 0 Å². The normalized spacial score (nSPS) is 14.2. The highest BCUT2D eigenvalue weighted by Gasteiger charge is 2.15. The Labute approximate surface area is 114 Å². The number of carboxylic acid groups (broad SMARTS) is 1. The molecule has 19 heavy (non-hydrogen) atoms. The Kier molecular flexibility index (Phi) is 5.83. The lowest BCUT2D eigenvalue weighted by atomic mass is 9.96. The maximum absolute atomic E-state index is 10.6. The minimum absolute atomic E-state index is 0.0564. The predicted molar refractivity (Wildman–Crippen MR) is 73.2 cm³/mol. The van der Waals surface area contributed by atoms with Crippen LogP contribution in [0.5, 0.6) is 5.75 Å². The zero-order chi connectivity index (χ0) is 14.4. The lowest BCUT2D eigenvalue weighted by molar-refractivity contribution is -0.138. The molecule has 0 fully saturated rings. The van der Waals surface area contributed by atoms with E-state index in [9.17, 15) is 9.90 Å². The molecule has 1 aromatic carbocycles. The Morgan fingerprint density at radius 3 is 2.26 bits per heavy atom. The summed E-state index contributed by atoms with van der Waals surface area (Å²) in [5, 5.41) is 18.7. The van der Waals surface area contributed by atoms with Crippen LogP contribution in [0.2, 0.25) is 0 Å². The summed E-state index contributed by atoms with van der Waals surface area (Å²) in [6, 6.07) is 7.27. The van der Waals surface area contributed by atoms with Crippen LogP contribution >= 0.6 is 0 Å². The fourth-order valence-electron chi connectivity index (χ4n) is 1.94. The van der Waals surface area contributed by atoms with E-state index in [0.717, 1.165) is 11.3 Å². The number of aliphatic hydroxyl groups excluding tert-OH is 1. The number of carbonyl (C=O) groups is 1. The van der Waals surface area contributed by atoms with Crippen molar-refractivity contribution in [2.24, 2.45) is 5.92 Å². The second-order valence-corrected chi connectivity index (χ2v) is 5.19. The molecule has 0 aliphatic carbocycles. The van der Waals surface area contributed by atoms with Crippen molar-refractivity contribution < 1.29 is 19.7 Å². The van der Waals surface area contributed by atoms with Crippen molar-refractivity contribution in [2.45, 2.75) is 45.8 Å². The van der Waals surface area contributed by atoms with Crippen LogP contribution in [0.25, 0.3) is 0 Å². The number of hydrogen-bond acceptors (Lipinski definition) is 3. The fourth-order valence-corrected chi connectivity index (χ4v) is 1.94. The van der Waals surface area contributed by atoms with Crippen molar-refractivity contribution >= 4 is 5.97 Å². The Morgan fingerprint density at radius 2 is 1.79 bits per heavy atom. The van der Waals surface area contributed by atoms with Gasteiger partial charge in [0.25, 0.3) is 0 Å². The monoisotopic (exact) mass is 266 g/mol. The summed E-state index contributed by atoms with van der Waals surface area (Å²) >= 11 is 0. The molecule has 0 aliphatic rings. The third-order valence-electron chi connectivity index (χ3n) is 2.79. The molecule has 0 saturated carbocycles. The van der Waals surface area contributed by atoms with Gasteiger partial charge in [-0.05, 0) is 43.9 Å². The molecule has 106 valence electrons. The maximum Gasteiger partial charge on any atom is 0.303 e. The van der Waals surface area contributed by atoms with Crippen LogP contribution in [0.15, 0.2) is 24.3 Å². The van der Waals surface area contributed by atoms with Gasteiger partial charge in [0, 0.05) is 6.42 Å². The molecule has 1 aromatic rings. The molecule has 0 spiro atoms. The molecule has 2 atom stereocenters. The van der Waals surface area contributed by atoms with Gasteiger partial charge in [0.1, 0.15) is 5.75 Å². The lowest BCUT2D eigenvalue weighted by Gasteiger charge is -2.16. The van der Waals surface area contributed by atoms with E-state index >= 15 is 0 Å². The number of aliphatic carboxylic acids is 1. The standard InChI is InChI=1S/C15H22O4/c1-10(2)19-13-6-4-12(5-7-13)14(16)8-11(3)9-15(17)18/h4-7,10-11,14,16H,8-9H2,1-3H3,(H,17,18). The van der Waals surface area contributed by atoms with Crippen molar-refractivity contribution in [3.8, 4) is 5.75 Å². The first-order valence-corrected chi connectivity index (χ1v) is 6.55. The van der Waals surface area contributed by atoms with Gasteiger partial charge in [-0.1, -0.05) is 19.1 Å². The highest BCUT2D eigenvalue weighted by Crippen LogP contribution is 2.25. The van der Waals surface area contributed by atoms with E-state index in [1.807, 2.05) is 45.0 Å². The molecule has 0 radical (unpaired) electrons. The van der Waals surface area contributed by atoms with E-state index in [2.05, 4.69) is 0 Å². The first kappa shape index (κ1) is 15.5. The molecule has 4 heteroatoms. The van der Waals surface area contributed by atoms with Gasteiger partial charge in [0.2, 0.25) is 0 Å². The Bertz CT molecular complexity index is 397. The zero-order valence-corrected chi connectivity index (χ0v) is 11.7. The van der Waals surface area contributed by atoms with E-state index in [-0.39, 0.29) is 18.4 Å². The van der Waals surface area contributed by atoms with E-state index in [0.29, 0.717) is 6.42 Å². The topological polar surface area (TPSA) is 66.8 Å². The van der Waals surface area contributed by atoms with Gasteiger partial charge in [-0.25, -0.2) is 0 Å². The summed E-state index contributed by atoms with van der Waals surface area (Å²) in [4.78, 5) is 10.6. The molecule has 4 nitrogen and oxygen atoms in total. The highest BCUT2D eigenvalue weighted by atomic mass is 16.5. The Balaban J connectivity index is 2.57. The Morgan fingerprint density at radius 1 is 1.21 bits per heavy atom. The van der Waals surface area contributed by atoms with Crippen molar-refractivity contribution in [2.75, 3.05) is 0 Å². The van der Waals surface area contributed by atoms with Gasteiger partial charge in [0.05, 0.1) is 12.2 Å². The molecule has 0 aliphatic heterocycles. The van der Waals surface area contributed by atoms with Crippen LogP contribution in [0.1, 0.15) is 45.3 Å². The molecule has 1 rings (SSSR count). The van der Waals surface area contributed by atoms with Gasteiger partial charge in [-0.3, -0.25) is 4.79 Å². The average Bonchev–Trinajstić information content (AvgIpc) is 2.27. The maximum atomic E-state index is 10.6. The van der Waals surface area contributed by atoms with E-state index in [4.69, 9.17) is 9.84 Å². The number of ether oxygens (including phenoxy) is 1. The van der Waals surface area contributed by atoms with Crippen molar-refractivity contribution in [1.82, 2.24) is 0 Å². The molecule has 0 bridgehead atoms. The van der Waals surface area contributed by atoms with Gasteiger partial charge in [-0.15, -0.1) is 0 Å². The summed E-state index contributed by atoms with van der Waals surface area (Å²) in [6.45, 7) is 5.74. The van der Waals surface area contributed by atoms with Crippen molar-refractivity contribution in [1.29, 1.82) is 0 Å². The summed E-state index contributed by atoms with van der Waals surface area (Å²) in [6.07, 6.45) is -0.00346. The second-order valence-electron chi connectivity index (χ2n) is 5.19. The highest BCUT2D eigenvalue weighted by molar-refractivity contribution is 5.66. The fraction of sp³-hybridized carbons (Fsp3) is 0.533. The second kappa shape index (κ2) is 7.14. The quantitative estimate of drug-likeness (QED) is 0.796. The molecule has 0 heterocycles. The minimum Gasteiger partial charge on any atom is -0.491 e. The van der Waals surface area contributed by atoms with Crippen molar-refractivity contribution in [3.63, 3.8) is 0 Å². The van der Waals surface area contributed by atoms with Crippen LogP contribution in [0, 0.1) is 5.92 Å². The summed E-state index contributed by atoms with van der Waals surface area (Å²) in [7, 11) is 0. The smallest absolute Gasteiger partial charge is 0.303 e. The number of hydrogen-bond donors (Lipinski definition) is 2. The molecule has 2 N–H and O–H groups in total. The molecular weight excluding hydrogens is 244 g/mol. The molecular formula is C15H22O4. The molecule has 0 amide bonds. The summed E-state index contributed by atoms with van der Waals surface area (Å²) in [5.41, 5.74) is 0.786. The summed E-state index contributed by atoms with van der Waals surface area (Å²) in [5.74, 6) is -0.121. The van der Waals surface area contributed by atoms with E-state index in [1.165, 1.54) is 0 Å². The third kappa shape index (κ3) is 5.75. The number of benzene rings is 1. The third-order valence-corrected chi connectivity index (χ3v) is 2.79. The van der Waals surface area contributed by atoms with Gasteiger partial charge in [-0.2, -0.15) is 0 Å². The van der Waals surface area contributed by atoms with E-state index in [1.54, 1.807) is 0 Å². The SMILES string of the molecule is CC(CC(=O)O)CC(O)c1ccc(OC(C)C)cc1. The summed E-state index contributed by atoms with van der Waals surface area (Å²) < 4.78 is 5.52. The number of carboxylic acids is 1. The van der Waals surface area contributed by atoms with Gasteiger partial charge >= 0.3 is 5.97 Å². The first-order chi connectivity index (χ1) is 8.88. The van der Waals surface area contributed by atoms with Crippen LogP contribution in [0.3, 0.4) is 0 Å². The minimum atomic E-state index is -0.833. The van der Waals surface area contributed by atoms with Crippen LogP contribution in [-0.4, -0.2) is 22.3 Å². The van der Waals surface area contributed by atoms with Crippen LogP contribution in [0.4, 0.5) is 0 Å². The molecule has 0 aromatic heterocycles. The van der Waals surface area contributed by atoms with Crippen LogP contribution < -0.4 is 4.74 Å². The number of rotatable bonds is 7. The van der Waals surface area contributed by atoms with E-state index < -0.39 is 12.1 Å². The van der Waals surface area contributed by atoms with Gasteiger partial charge < -0.3 is 14.9 Å². The lowest BCUT2D eigenvalue weighted by Crippen LogP contribution is -2.09. The van der Waals surface area contributed by atoms with Crippen LogP contribution in [-0.2, 0) is 4.79 Å². The Hall–Kier alpha value is -1.55. The number of aliphatic hydroxyl groups is 1. The average molecular weight is 266 g/mol. The molecule has 2 unspecified atom stereocenters. The van der Waals surface area contributed by atoms with Crippen molar-refractivity contribution in [3.05, 3.63) is 29.8 Å². The first-order valence-electron chi connectivity index (χ1n) is 6.55. The largest absolute Gasteiger partial charge is 0.491 e. The molecule has 0 saturated heterocycles. The predicted octanol–water partition coefficient (Wildman–Crippen LogP) is 3.01. The zero-order valence-electron chi connectivity index (χ0n) is 11.7.